The Bertz CT molecular complexity index is 1730. The van der Waals surface area contributed by atoms with Gasteiger partial charge in [0.05, 0.1) is 21.2 Å². The van der Waals surface area contributed by atoms with E-state index in [2.05, 4.69) is 14.8 Å². The first-order valence-electron chi connectivity index (χ1n) is 12.1. The van der Waals surface area contributed by atoms with Crippen LogP contribution in [-0.4, -0.2) is 22.7 Å². The largest absolute Gasteiger partial charge is 0.322 e. The molecular weight excluding hydrogens is 534 g/mol. The Kier molecular flexibility index (Phi) is 7.80. The minimum atomic E-state index is -3.85. The lowest BCUT2D eigenvalue weighted by molar-refractivity contribution is 0.102. The van der Waals surface area contributed by atoms with Crippen molar-refractivity contribution >= 4 is 43.0 Å². The number of hydrogen-bond acceptors (Lipinski definition) is 5. The molecule has 0 aliphatic rings. The molecular formula is C29H29N3O5S2. The number of benzene rings is 4. The van der Waals surface area contributed by atoms with E-state index in [1.54, 1.807) is 37.3 Å². The Balaban J connectivity index is 1.50. The molecule has 10 heteroatoms. The minimum absolute atomic E-state index is 0.0480. The molecule has 0 aliphatic heterocycles. The molecule has 3 N–H and O–H groups in total. The van der Waals surface area contributed by atoms with E-state index in [0.717, 1.165) is 16.7 Å². The fraction of sp³-hybridized carbons (Fsp3) is 0.138. The number of sulfonamides is 2. The summed E-state index contributed by atoms with van der Waals surface area (Å²) in [4.78, 5) is 13.2. The van der Waals surface area contributed by atoms with Gasteiger partial charge in [-0.3, -0.25) is 14.2 Å². The monoisotopic (exact) mass is 563 g/mol. The standard InChI is InChI=1S/C29H29N3O5S2/c1-19-11-15-24(16-12-19)38(34,35)31-27-10-6-9-26(22(27)4)29(33)30-23-13-17-25(18-14-23)39(36,37)32-28-20(2)7-5-8-21(28)3/h5-18,31-32H,1-4H3,(H,30,33). The third-order valence-electron chi connectivity index (χ3n) is 6.29. The average molecular weight is 564 g/mol. The smallest absolute Gasteiger partial charge is 0.261 e. The van der Waals surface area contributed by atoms with Gasteiger partial charge < -0.3 is 5.32 Å². The van der Waals surface area contributed by atoms with Gasteiger partial charge in [-0.05, 0) is 92.9 Å². The highest BCUT2D eigenvalue weighted by molar-refractivity contribution is 7.93. The summed E-state index contributed by atoms with van der Waals surface area (Å²) in [5.41, 5.74) is 4.46. The average Bonchev–Trinajstić information content (AvgIpc) is 2.88. The van der Waals surface area contributed by atoms with Gasteiger partial charge >= 0.3 is 0 Å². The van der Waals surface area contributed by atoms with Crippen LogP contribution in [0.4, 0.5) is 17.1 Å². The number of carbonyl (C=O) groups is 1. The van der Waals surface area contributed by atoms with E-state index < -0.39 is 26.0 Å². The fourth-order valence-corrected chi connectivity index (χ4v) is 6.32. The number of hydrogen-bond donors (Lipinski definition) is 3. The van der Waals surface area contributed by atoms with Crippen molar-refractivity contribution in [3.05, 3.63) is 113 Å². The van der Waals surface area contributed by atoms with Crippen molar-refractivity contribution in [2.24, 2.45) is 0 Å². The molecule has 1 amide bonds. The van der Waals surface area contributed by atoms with Gasteiger partial charge in [-0.2, -0.15) is 0 Å². The molecule has 0 unspecified atom stereocenters. The van der Waals surface area contributed by atoms with Gasteiger partial charge in [-0.15, -0.1) is 0 Å². The highest BCUT2D eigenvalue weighted by atomic mass is 32.2. The van der Waals surface area contributed by atoms with E-state index in [1.165, 1.54) is 36.4 Å². The van der Waals surface area contributed by atoms with Crippen molar-refractivity contribution < 1.29 is 21.6 Å². The summed E-state index contributed by atoms with van der Waals surface area (Å²) in [6, 6.07) is 22.5. The van der Waals surface area contributed by atoms with Crippen LogP contribution in [0.5, 0.6) is 0 Å². The zero-order chi connectivity index (χ0) is 28.4. The van der Waals surface area contributed by atoms with Gasteiger partial charge in [0.25, 0.3) is 26.0 Å². The molecule has 202 valence electrons. The summed E-state index contributed by atoms with van der Waals surface area (Å²) in [5.74, 6) is -0.465. The summed E-state index contributed by atoms with van der Waals surface area (Å²) >= 11 is 0. The zero-order valence-electron chi connectivity index (χ0n) is 21.9. The van der Waals surface area contributed by atoms with Crippen molar-refractivity contribution in [2.45, 2.75) is 37.5 Å². The third-order valence-corrected chi connectivity index (χ3v) is 9.04. The normalized spacial score (nSPS) is 11.6. The lowest BCUT2D eigenvalue weighted by atomic mass is 10.1. The topological polar surface area (TPSA) is 121 Å². The van der Waals surface area contributed by atoms with Crippen molar-refractivity contribution in [1.82, 2.24) is 0 Å². The number of carbonyl (C=O) groups excluding carboxylic acids is 1. The summed E-state index contributed by atoms with van der Waals surface area (Å²) < 4.78 is 56.7. The number of rotatable bonds is 8. The fourth-order valence-electron chi connectivity index (χ4n) is 4.00. The van der Waals surface area contributed by atoms with Gasteiger partial charge in [0.2, 0.25) is 0 Å². The molecule has 4 rings (SSSR count). The van der Waals surface area contributed by atoms with Crippen molar-refractivity contribution in [1.29, 1.82) is 0 Å². The predicted octanol–water partition coefficient (Wildman–Crippen LogP) is 5.77. The summed E-state index contributed by atoms with van der Waals surface area (Å²) in [6.45, 7) is 7.17. The van der Waals surface area contributed by atoms with E-state index in [9.17, 15) is 21.6 Å². The molecule has 0 bridgehead atoms. The second-order valence-electron chi connectivity index (χ2n) is 9.25. The van der Waals surface area contributed by atoms with Crippen molar-refractivity contribution in [3.8, 4) is 0 Å². The molecule has 39 heavy (non-hydrogen) atoms. The second-order valence-corrected chi connectivity index (χ2v) is 12.6. The van der Waals surface area contributed by atoms with E-state index in [4.69, 9.17) is 0 Å². The van der Waals surface area contributed by atoms with Gasteiger partial charge in [0, 0.05) is 11.3 Å². The van der Waals surface area contributed by atoms with E-state index in [1.807, 2.05) is 39.0 Å². The van der Waals surface area contributed by atoms with Crippen LogP contribution < -0.4 is 14.8 Å². The van der Waals surface area contributed by atoms with Crippen LogP contribution in [0.1, 0.15) is 32.6 Å². The van der Waals surface area contributed by atoms with Crippen LogP contribution in [0.15, 0.2) is 94.7 Å². The SMILES string of the molecule is Cc1ccc(S(=O)(=O)Nc2cccc(C(=O)Nc3ccc(S(=O)(=O)Nc4c(C)cccc4C)cc3)c2C)cc1. The lowest BCUT2D eigenvalue weighted by Crippen LogP contribution is -2.17. The first-order valence-corrected chi connectivity index (χ1v) is 15.0. The maximum absolute atomic E-state index is 13.0. The van der Waals surface area contributed by atoms with Gasteiger partial charge in [0.1, 0.15) is 0 Å². The number of amides is 1. The molecule has 4 aromatic carbocycles. The molecule has 0 radical (unpaired) electrons. The highest BCUT2D eigenvalue weighted by Crippen LogP contribution is 2.26. The van der Waals surface area contributed by atoms with Crippen LogP contribution >= 0.6 is 0 Å². The quantitative estimate of drug-likeness (QED) is 0.251. The lowest BCUT2D eigenvalue weighted by Gasteiger charge is -2.15. The predicted molar refractivity (Wildman–Crippen MR) is 154 cm³/mol. The first-order chi connectivity index (χ1) is 18.4. The Hall–Kier alpha value is -4.15. The molecule has 0 saturated heterocycles. The maximum Gasteiger partial charge on any atom is 0.261 e. The van der Waals surface area contributed by atoms with E-state index >= 15 is 0 Å². The Morgan fingerprint density at radius 2 is 1.13 bits per heavy atom. The second kappa shape index (κ2) is 10.9. The van der Waals surface area contributed by atoms with Gasteiger partial charge in [-0.25, -0.2) is 16.8 Å². The number of anilines is 3. The molecule has 0 spiro atoms. The van der Waals surface area contributed by atoms with Crippen LogP contribution in [0.3, 0.4) is 0 Å². The first kappa shape index (κ1) is 27.9. The molecule has 8 nitrogen and oxygen atoms in total. The van der Waals surface area contributed by atoms with Crippen LogP contribution in [0.2, 0.25) is 0 Å². The molecule has 0 saturated carbocycles. The Morgan fingerprint density at radius 3 is 1.72 bits per heavy atom. The van der Waals surface area contributed by atoms with Crippen molar-refractivity contribution in [2.75, 3.05) is 14.8 Å². The summed E-state index contributed by atoms with van der Waals surface area (Å²) in [5, 5.41) is 2.74. The minimum Gasteiger partial charge on any atom is -0.322 e. The number of para-hydroxylation sites is 1. The number of aryl methyl sites for hydroxylation is 3. The summed E-state index contributed by atoms with van der Waals surface area (Å²) in [6.07, 6.45) is 0. The number of nitrogens with one attached hydrogen (secondary N) is 3. The molecule has 0 heterocycles. The summed E-state index contributed by atoms with van der Waals surface area (Å²) in [7, 11) is -7.68. The highest BCUT2D eigenvalue weighted by Gasteiger charge is 2.19. The third kappa shape index (κ3) is 6.30. The molecule has 0 fully saturated rings. The van der Waals surface area contributed by atoms with E-state index in [-0.39, 0.29) is 21.0 Å². The van der Waals surface area contributed by atoms with Crippen molar-refractivity contribution in [3.63, 3.8) is 0 Å². The van der Waals surface area contributed by atoms with Crippen LogP contribution in [0, 0.1) is 27.7 Å². The molecule has 0 atom stereocenters. The van der Waals surface area contributed by atoms with Gasteiger partial charge in [0.15, 0.2) is 0 Å². The molecule has 4 aromatic rings. The van der Waals surface area contributed by atoms with Crippen LogP contribution in [-0.2, 0) is 20.0 Å². The molecule has 0 aromatic heterocycles. The van der Waals surface area contributed by atoms with E-state index in [0.29, 0.717) is 16.9 Å². The Morgan fingerprint density at radius 1 is 0.615 bits per heavy atom. The Labute approximate surface area is 229 Å². The zero-order valence-corrected chi connectivity index (χ0v) is 23.6. The van der Waals surface area contributed by atoms with Crippen LogP contribution in [0.25, 0.3) is 0 Å². The van der Waals surface area contributed by atoms with Gasteiger partial charge in [-0.1, -0.05) is 42.0 Å². The maximum atomic E-state index is 13.0. The molecule has 0 aliphatic carbocycles.